The maximum Gasteiger partial charge on any atom is 0.248 e. The second-order valence-corrected chi connectivity index (χ2v) is 4.73. The van der Waals surface area contributed by atoms with E-state index in [9.17, 15) is 4.79 Å². The lowest BCUT2D eigenvalue weighted by molar-refractivity contribution is -0.119. The zero-order valence-electron chi connectivity index (χ0n) is 11.7. The molecule has 5 nitrogen and oxygen atoms in total. The van der Waals surface area contributed by atoms with E-state index in [0.29, 0.717) is 11.3 Å². The zero-order chi connectivity index (χ0) is 14.7. The second kappa shape index (κ2) is 5.57. The Bertz CT molecular complexity index is 664. The van der Waals surface area contributed by atoms with Crippen LogP contribution in [-0.4, -0.2) is 15.7 Å². The molecule has 20 heavy (non-hydrogen) atoms. The van der Waals surface area contributed by atoms with Gasteiger partial charge >= 0.3 is 0 Å². The molecule has 0 bridgehead atoms. The largest absolute Gasteiger partial charge is 0.324 e. The molecule has 1 amide bonds. The smallest absolute Gasteiger partial charge is 0.248 e. The molecule has 1 atom stereocenters. The first-order valence-electron chi connectivity index (χ1n) is 6.35. The molecule has 0 aliphatic rings. The molecule has 0 fully saturated rings. The van der Waals surface area contributed by atoms with Crippen LogP contribution in [0.2, 0.25) is 0 Å². The van der Waals surface area contributed by atoms with Crippen LogP contribution in [0.1, 0.15) is 29.9 Å². The molecule has 0 aliphatic heterocycles. The van der Waals surface area contributed by atoms with Crippen LogP contribution in [0.25, 0.3) is 0 Å². The number of hydrogen-bond donors (Lipinski definition) is 1. The summed E-state index contributed by atoms with van der Waals surface area (Å²) in [5.41, 5.74) is 3.07. The number of amides is 1. The van der Waals surface area contributed by atoms with Crippen LogP contribution in [0.3, 0.4) is 0 Å². The number of rotatable bonds is 3. The highest BCUT2D eigenvalue weighted by Gasteiger charge is 2.17. The van der Waals surface area contributed by atoms with Crippen LogP contribution < -0.4 is 5.32 Å². The summed E-state index contributed by atoms with van der Waals surface area (Å²) in [6.45, 7) is 5.62. The van der Waals surface area contributed by atoms with Crippen molar-refractivity contribution in [3.63, 3.8) is 0 Å². The predicted octanol–water partition coefficient (Wildman–Crippen LogP) is 2.57. The van der Waals surface area contributed by atoms with Crippen molar-refractivity contribution in [2.75, 3.05) is 5.32 Å². The number of aromatic nitrogens is 2. The van der Waals surface area contributed by atoms with Crippen molar-refractivity contribution in [3.05, 3.63) is 47.3 Å². The lowest BCUT2D eigenvalue weighted by Crippen LogP contribution is -2.25. The van der Waals surface area contributed by atoms with Crippen molar-refractivity contribution in [1.29, 1.82) is 5.26 Å². The Labute approximate surface area is 117 Å². The molecule has 0 saturated heterocycles. The van der Waals surface area contributed by atoms with Gasteiger partial charge in [-0.25, -0.2) is 0 Å². The molecule has 2 aromatic rings. The van der Waals surface area contributed by atoms with Gasteiger partial charge in [-0.2, -0.15) is 10.4 Å². The van der Waals surface area contributed by atoms with Gasteiger partial charge in [0.25, 0.3) is 0 Å². The van der Waals surface area contributed by atoms with Gasteiger partial charge in [0.2, 0.25) is 5.91 Å². The van der Waals surface area contributed by atoms with Crippen molar-refractivity contribution >= 4 is 11.6 Å². The van der Waals surface area contributed by atoms with E-state index in [0.717, 1.165) is 11.4 Å². The van der Waals surface area contributed by atoms with E-state index in [1.54, 1.807) is 35.9 Å². The highest BCUT2D eigenvalue weighted by Crippen LogP contribution is 2.15. The van der Waals surface area contributed by atoms with Crippen molar-refractivity contribution in [2.24, 2.45) is 0 Å². The fourth-order valence-electron chi connectivity index (χ4n) is 2.02. The van der Waals surface area contributed by atoms with Gasteiger partial charge < -0.3 is 5.32 Å². The van der Waals surface area contributed by atoms with Crippen LogP contribution >= 0.6 is 0 Å². The van der Waals surface area contributed by atoms with Gasteiger partial charge in [0, 0.05) is 11.4 Å². The second-order valence-electron chi connectivity index (χ2n) is 4.73. The molecule has 1 aromatic carbocycles. The molecular formula is C15H16N4O. The first-order valence-corrected chi connectivity index (χ1v) is 6.35. The quantitative estimate of drug-likeness (QED) is 0.930. The number of anilines is 1. The third-order valence-electron chi connectivity index (χ3n) is 3.07. The molecule has 1 heterocycles. The van der Waals surface area contributed by atoms with Crippen LogP contribution in [0.5, 0.6) is 0 Å². The molecule has 102 valence electrons. The van der Waals surface area contributed by atoms with E-state index < -0.39 is 0 Å². The van der Waals surface area contributed by atoms with Crippen LogP contribution in [0.4, 0.5) is 5.69 Å². The van der Waals surface area contributed by atoms with Crippen molar-refractivity contribution in [3.8, 4) is 6.07 Å². The Morgan fingerprint density at radius 1 is 1.35 bits per heavy atom. The Hall–Kier alpha value is -2.61. The maximum absolute atomic E-state index is 12.2. The normalized spacial score (nSPS) is 11.7. The lowest BCUT2D eigenvalue weighted by Gasteiger charge is -2.14. The maximum atomic E-state index is 12.2. The summed E-state index contributed by atoms with van der Waals surface area (Å²) in [6, 6.07) is 10.4. The highest BCUT2D eigenvalue weighted by atomic mass is 16.2. The van der Waals surface area contributed by atoms with Crippen LogP contribution in [0.15, 0.2) is 30.3 Å². The standard InChI is InChI=1S/C15H16N4O/c1-10-8-11(2)19(18-10)12(3)15(20)17-14-6-4-13(9-16)5-7-14/h4-8,12H,1-3H3,(H,17,20). The number of nitrogens with one attached hydrogen (secondary N) is 1. The Kier molecular flexibility index (Phi) is 3.85. The van der Waals surface area contributed by atoms with Gasteiger partial charge in [0.15, 0.2) is 0 Å². The fourth-order valence-corrected chi connectivity index (χ4v) is 2.02. The summed E-state index contributed by atoms with van der Waals surface area (Å²) in [5, 5.41) is 15.9. The number of aryl methyl sites for hydroxylation is 2. The molecular weight excluding hydrogens is 252 g/mol. The van der Waals surface area contributed by atoms with Crippen molar-refractivity contribution in [1.82, 2.24) is 9.78 Å². The summed E-state index contributed by atoms with van der Waals surface area (Å²) in [6.07, 6.45) is 0. The Morgan fingerprint density at radius 2 is 2.00 bits per heavy atom. The van der Waals surface area contributed by atoms with E-state index in [1.807, 2.05) is 26.0 Å². The van der Waals surface area contributed by atoms with Gasteiger partial charge in [-0.1, -0.05) is 0 Å². The average Bonchev–Trinajstić information content (AvgIpc) is 2.77. The Balaban J connectivity index is 2.11. The zero-order valence-corrected chi connectivity index (χ0v) is 11.7. The number of carbonyl (C=O) groups is 1. The van der Waals surface area contributed by atoms with E-state index in [1.165, 1.54) is 0 Å². The first kappa shape index (κ1) is 13.8. The van der Waals surface area contributed by atoms with Gasteiger partial charge in [-0.3, -0.25) is 9.48 Å². The fraction of sp³-hybridized carbons (Fsp3) is 0.267. The lowest BCUT2D eigenvalue weighted by atomic mass is 10.2. The minimum absolute atomic E-state index is 0.138. The molecule has 1 N–H and O–H groups in total. The number of nitriles is 1. The van der Waals surface area contributed by atoms with Gasteiger partial charge in [0.1, 0.15) is 6.04 Å². The molecule has 0 spiro atoms. The first-order chi connectivity index (χ1) is 9.51. The van der Waals surface area contributed by atoms with Crippen LogP contribution in [-0.2, 0) is 4.79 Å². The summed E-state index contributed by atoms with van der Waals surface area (Å²) < 4.78 is 1.70. The molecule has 1 unspecified atom stereocenters. The van der Waals surface area contributed by atoms with E-state index in [-0.39, 0.29) is 11.9 Å². The summed E-state index contributed by atoms with van der Waals surface area (Å²) >= 11 is 0. The number of carbonyl (C=O) groups excluding carboxylic acids is 1. The monoisotopic (exact) mass is 268 g/mol. The van der Waals surface area contributed by atoms with Gasteiger partial charge in [-0.15, -0.1) is 0 Å². The topological polar surface area (TPSA) is 70.7 Å². The molecule has 0 saturated carbocycles. The third-order valence-corrected chi connectivity index (χ3v) is 3.07. The van der Waals surface area contributed by atoms with E-state index in [2.05, 4.69) is 10.4 Å². The van der Waals surface area contributed by atoms with Crippen molar-refractivity contribution < 1.29 is 4.79 Å². The number of hydrogen-bond acceptors (Lipinski definition) is 3. The molecule has 5 heteroatoms. The summed E-state index contributed by atoms with van der Waals surface area (Å²) in [7, 11) is 0. The molecule has 0 aliphatic carbocycles. The van der Waals surface area contributed by atoms with Gasteiger partial charge in [0.05, 0.1) is 17.3 Å². The third kappa shape index (κ3) is 2.86. The summed E-state index contributed by atoms with van der Waals surface area (Å²) in [4.78, 5) is 12.2. The van der Waals surface area contributed by atoms with Crippen molar-refractivity contribution in [2.45, 2.75) is 26.8 Å². The minimum atomic E-state index is -0.389. The van der Waals surface area contributed by atoms with E-state index in [4.69, 9.17) is 5.26 Å². The van der Waals surface area contributed by atoms with E-state index >= 15 is 0 Å². The predicted molar refractivity (Wildman–Crippen MR) is 76.2 cm³/mol. The summed E-state index contributed by atoms with van der Waals surface area (Å²) in [5.74, 6) is -0.138. The number of benzene rings is 1. The average molecular weight is 268 g/mol. The highest BCUT2D eigenvalue weighted by molar-refractivity contribution is 5.93. The molecule has 2 rings (SSSR count). The molecule has 0 radical (unpaired) electrons. The minimum Gasteiger partial charge on any atom is -0.324 e. The molecule has 1 aromatic heterocycles. The SMILES string of the molecule is Cc1cc(C)n(C(C)C(=O)Nc2ccc(C#N)cc2)n1. The number of nitrogens with zero attached hydrogens (tertiary/aromatic N) is 3. The van der Waals surface area contributed by atoms with Crippen LogP contribution in [0, 0.1) is 25.2 Å². The van der Waals surface area contributed by atoms with Gasteiger partial charge in [-0.05, 0) is 51.1 Å². The Morgan fingerprint density at radius 3 is 2.50 bits per heavy atom.